The molecule has 2 fully saturated rings. The summed E-state index contributed by atoms with van der Waals surface area (Å²) in [7, 11) is 1.60. The molecule has 0 aromatic heterocycles. The van der Waals surface area contributed by atoms with E-state index in [9.17, 15) is 19.7 Å². The lowest BCUT2D eigenvalue weighted by Gasteiger charge is -2.35. The lowest BCUT2D eigenvalue weighted by atomic mass is 9.94. The average Bonchev–Trinajstić information content (AvgIpc) is 3.67. The van der Waals surface area contributed by atoms with Crippen molar-refractivity contribution in [1.29, 1.82) is 0 Å². The van der Waals surface area contributed by atoms with Crippen LogP contribution in [-0.4, -0.2) is 47.8 Å². The standard InChI is InChI=1S/C24H28N4O4/c1-25-23(29)18-8-6-17(7-9-18)16-27(20-10-11-20)24(30)19-12-14-26(15-13-19)21-4-2-3-5-22(21)28(31)32/h2-9,19-20H,10-16H2,1H3,(H,25,29). The first-order chi connectivity index (χ1) is 15.5. The summed E-state index contributed by atoms with van der Waals surface area (Å²) in [6, 6.07) is 14.5. The molecule has 0 radical (unpaired) electrons. The molecule has 0 atom stereocenters. The van der Waals surface area contributed by atoms with E-state index in [2.05, 4.69) is 5.32 Å². The minimum Gasteiger partial charge on any atom is -0.366 e. The molecule has 1 saturated carbocycles. The Labute approximate surface area is 187 Å². The molecule has 1 aliphatic carbocycles. The van der Waals surface area contributed by atoms with Gasteiger partial charge >= 0.3 is 0 Å². The van der Waals surface area contributed by atoms with Crippen LogP contribution in [0.4, 0.5) is 11.4 Å². The first-order valence-corrected chi connectivity index (χ1v) is 11.1. The van der Waals surface area contributed by atoms with E-state index in [1.807, 2.05) is 28.0 Å². The van der Waals surface area contributed by atoms with Crippen LogP contribution in [0.1, 0.15) is 41.6 Å². The summed E-state index contributed by atoms with van der Waals surface area (Å²) in [5.74, 6) is -0.0260. The topological polar surface area (TPSA) is 95.8 Å². The van der Waals surface area contributed by atoms with E-state index in [1.54, 1.807) is 31.3 Å². The van der Waals surface area contributed by atoms with Gasteiger partial charge in [0.05, 0.1) is 4.92 Å². The van der Waals surface area contributed by atoms with Gasteiger partial charge in [-0.3, -0.25) is 19.7 Å². The Morgan fingerprint density at radius 1 is 1.06 bits per heavy atom. The number of anilines is 1. The number of nitrogens with zero attached hydrogens (tertiary/aromatic N) is 3. The van der Waals surface area contributed by atoms with Gasteiger partial charge in [-0.15, -0.1) is 0 Å². The van der Waals surface area contributed by atoms with Crippen LogP contribution in [-0.2, 0) is 11.3 Å². The zero-order valence-electron chi connectivity index (χ0n) is 18.2. The maximum absolute atomic E-state index is 13.4. The van der Waals surface area contributed by atoms with Gasteiger partial charge in [-0.05, 0) is 49.4 Å². The van der Waals surface area contributed by atoms with Crippen LogP contribution >= 0.6 is 0 Å². The fourth-order valence-electron chi connectivity index (χ4n) is 4.36. The smallest absolute Gasteiger partial charge is 0.292 e. The molecule has 1 saturated heterocycles. The minimum absolute atomic E-state index is 0.0697. The predicted molar refractivity (Wildman–Crippen MR) is 121 cm³/mol. The van der Waals surface area contributed by atoms with Crippen molar-refractivity contribution in [3.05, 3.63) is 69.8 Å². The number of hydrogen-bond donors (Lipinski definition) is 1. The molecule has 2 aromatic carbocycles. The van der Waals surface area contributed by atoms with Gasteiger partial charge in [0.2, 0.25) is 5.91 Å². The third kappa shape index (κ3) is 4.74. The number of hydrogen-bond acceptors (Lipinski definition) is 5. The average molecular weight is 437 g/mol. The van der Waals surface area contributed by atoms with E-state index >= 15 is 0 Å². The van der Waals surface area contributed by atoms with Crippen molar-refractivity contribution in [3.63, 3.8) is 0 Å². The maximum Gasteiger partial charge on any atom is 0.292 e. The number of nitrogens with one attached hydrogen (secondary N) is 1. The number of nitro benzene ring substituents is 1. The molecular weight excluding hydrogens is 408 g/mol. The molecule has 2 aliphatic rings. The highest BCUT2D eigenvalue weighted by Crippen LogP contribution is 2.34. The van der Waals surface area contributed by atoms with E-state index in [-0.39, 0.29) is 34.4 Å². The van der Waals surface area contributed by atoms with Crippen LogP contribution in [0, 0.1) is 16.0 Å². The Bertz CT molecular complexity index is 995. The number of piperidine rings is 1. The Kier molecular flexibility index (Phi) is 6.39. The molecule has 0 unspecified atom stereocenters. The molecule has 2 amide bonds. The normalized spacial score (nSPS) is 16.5. The lowest BCUT2D eigenvalue weighted by Crippen LogP contribution is -2.43. The molecular formula is C24H28N4O4. The third-order valence-corrected chi connectivity index (χ3v) is 6.33. The summed E-state index contributed by atoms with van der Waals surface area (Å²) in [4.78, 5) is 40.1. The maximum atomic E-state index is 13.4. The van der Waals surface area contributed by atoms with Gasteiger partial charge in [-0.1, -0.05) is 24.3 Å². The van der Waals surface area contributed by atoms with Crippen LogP contribution in [0.5, 0.6) is 0 Å². The number of benzene rings is 2. The minimum atomic E-state index is -0.350. The highest BCUT2D eigenvalue weighted by molar-refractivity contribution is 5.94. The molecule has 0 spiro atoms. The molecule has 1 N–H and O–H groups in total. The quantitative estimate of drug-likeness (QED) is 0.530. The summed E-state index contributed by atoms with van der Waals surface area (Å²) in [5, 5.41) is 14.0. The largest absolute Gasteiger partial charge is 0.366 e. The Morgan fingerprint density at radius 2 is 1.72 bits per heavy atom. The molecule has 8 nitrogen and oxygen atoms in total. The first-order valence-electron chi connectivity index (χ1n) is 11.1. The van der Waals surface area contributed by atoms with Crippen LogP contribution in [0.3, 0.4) is 0 Å². The first kappa shape index (κ1) is 21.8. The molecule has 1 heterocycles. The molecule has 4 rings (SSSR count). The number of para-hydroxylation sites is 2. The fourth-order valence-corrected chi connectivity index (χ4v) is 4.36. The van der Waals surface area contributed by atoms with Gasteiger partial charge in [0, 0.05) is 50.3 Å². The van der Waals surface area contributed by atoms with Crippen molar-refractivity contribution in [2.45, 2.75) is 38.3 Å². The van der Waals surface area contributed by atoms with Gasteiger partial charge < -0.3 is 15.1 Å². The molecule has 0 bridgehead atoms. The summed E-state index contributed by atoms with van der Waals surface area (Å²) < 4.78 is 0. The van der Waals surface area contributed by atoms with Crippen molar-refractivity contribution in [2.24, 2.45) is 5.92 Å². The summed E-state index contributed by atoms with van der Waals surface area (Å²) in [6.07, 6.45) is 3.42. The van der Waals surface area contributed by atoms with Crippen LogP contribution in [0.15, 0.2) is 48.5 Å². The van der Waals surface area contributed by atoms with Crippen molar-refractivity contribution in [2.75, 3.05) is 25.0 Å². The van der Waals surface area contributed by atoms with E-state index in [4.69, 9.17) is 0 Å². The Balaban J connectivity index is 1.40. The van der Waals surface area contributed by atoms with Crippen molar-refractivity contribution < 1.29 is 14.5 Å². The van der Waals surface area contributed by atoms with Gasteiger partial charge in [-0.25, -0.2) is 0 Å². The molecule has 2 aromatic rings. The molecule has 168 valence electrons. The van der Waals surface area contributed by atoms with E-state index in [0.29, 0.717) is 43.7 Å². The second-order valence-electron chi connectivity index (χ2n) is 8.48. The third-order valence-electron chi connectivity index (χ3n) is 6.33. The SMILES string of the molecule is CNC(=O)c1ccc(CN(C(=O)C2CCN(c3ccccc3[N+](=O)[O-])CC2)C2CC2)cc1. The summed E-state index contributed by atoms with van der Waals surface area (Å²) in [6.45, 7) is 1.79. The van der Waals surface area contributed by atoms with E-state index in [1.165, 1.54) is 6.07 Å². The monoisotopic (exact) mass is 436 g/mol. The van der Waals surface area contributed by atoms with Gasteiger partial charge in [-0.2, -0.15) is 0 Å². The highest BCUT2D eigenvalue weighted by Gasteiger charge is 2.37. The van der Waals surface area contributed by atoms with Crippen molar-refractivity contribution >= 4 is 23.2 Å². The van der Waals surface area contributed by atoms with Crippen molar-refractivity contribution in [1.82, 2.24) is 10.2 Å². The van der Waals surface area contributed by atoms with Gasteiger partial charge in [0.25, 0.3) is 11.6 Å². The number of rotatable bonds is 7. The molecule has 32 heavy (non-hydrogen) atoms. The van der Waals surface area contributed by atoms with Crippen molar-refractivity contribution in [3.8, 4) is 0 Å². The number of carbonyl (C=O) groups is 2. The van der Waals surface area contributed by atoms with Crippen LogP contribution in [0.2, 0.25) is 0 Å². The zero-order chi connectivity index (χ0) is 22.7. The second-order valence-corrected chi connectivity index (χ2v) is 8.48. The fraction of sp³-hybridized carbons (Fsp3) is 0.417. The highest BCUT2D eigenvalue weighted by atomic mass is 16.6. The number of nitro groups is 1. The number of amides is 2. The lowest BCUT2D eigenvalue weighted by molar-refractivity contribution is -0.384. The van der Waals surface area contributed by atoms with E-state index in [0.717, 1.165) is 18.4 Å². The number of carbonyl (C=O) groups excluding carboxylic acids is 2. The molecule has 8 heteroatoms. The van der Waals surface area contributed by atoms with Gasteiger partial charge in [0.15, 0.2) is 0 Å². The van der Waals surface area contributed by atoms with E-state index < -0.39 is 0 Å². The zero-order valence-corrected chi connectivity index (χ0v) is 18.2. The Morgan fingerprint density at radius 3 is 2.31 bits per heavy atom. The predicted octanol–water partition coefficient (Wildman–Crippen LogP) is 3.36. The van der Waals surface area contributed by atoms with Gasteiger partial charge in [0.1, 0.15) is 5.69 Å². The molecule has 1 aliphatic heterocycles. The van der Waals surface area contributed by atoms with Crippen LogP contribution < -0.4 is 10.2 Å². The summed E-state index contributed by atoms with van der Waals surface area (Å²) in [5.41, 5.74) is 2.34. The second kappa shape index (κ2) is 9.38. The summed E-state index contributed by atoms with van der Waals surface area (Å²) >= 11 is 0. The van der Waals surface area contributed by atoms with Crippen LogP contribution in [0.25, 0.3) is 0 Å². The Hall–Kier alpha value is -3.42.